The molecule has 0 aliphatic heterocycles. The predicted molar refractivity (Wildman–Crippen MR) is 89.8 cm³/mol. The van der Waals surface area contributed by atoms with Crippen molar-refractivity contribution < 1.29 is 4.79 Å². The van der Waals surface area contributed by atoms with Gasteiger partial charge >= 0.3 is 0 Å². The number of nitrogens with zero attached hydrogens (tertiary/aromatic N) is 5. The van der Waals surface area contributed by atoms with E-state index in [0.29, 0.717) is 19.5 Å². The number of carbonyl (C=O) groups is 1. The number of amides is 1. The molecular formula is C17H20N6O. The van der Waals surface area contributed by atoms with Gasteiger partial charge in [-0.25, -0.2) is 4.98 Å². The quantitative estimate of drug-likeness (QED) is 0.722. The molecule has 7 heteroatoms. The highest BCUT2D eigenvalue weighted by Crippen LogP contribution is 2.17. The monoisotopic (exact) mass is 324 g/mol. The smallest absolute Gasteiger partial charge is 0.222 e. The summed E-state index contributed by atoms with van der Waals surface area (Å²) in [6.07, 6.45) is 4.38. The lowest BCUT2D eigenvalue weighted by Gasteiger charge is -2.15. The number of rotatable bonds is 7. The summed E-state index contributed by atoms with van der Waals surface area (Å²) in [6.45, 7) is 1.21. The third kappa shape index (κ3) is 4.07. The number of hydrogen-bond donors (Lipinski definition) is 1. The van der Waals surface area contributed by atoms with Gasteiger partial charge < -0.3 is 4.90 Å². The Labute approximate surface area is 140 Å². The SMILES string of the molecule is CN(Cc1cc(-c2ccccc2)n[nH]1)C(=O)CCCn1cncn1. The number of H-pyrrole nitrogens is 1. The third-order valence-electron chi connectivity index (χ3n) is 3.78. The average molecular weight is 324 g/mol. The molecule has 0 atom stereocenters. The highest BCUT2D eigenvalue weighted by atomic mass is 16.2. The molecule has 3 rings (SSSR count). The maximum atomic E-state index is 12.2. The maximum absolute atomic E-state index is 12.2. The average Bonchev–Trinajstić information content (AvgIpc) is 3.27. The lowest BCUT2D eigenvalue weighted by Crippen LogP contribution is -2.26. The molecule has 24 heavy (non-hydrogen) atoms. The Morgan fingerprint density at radius 2 is 2.12 bits per heavy atom. The number of carbonyl (C=O) groups excluding carboxylic acids is 1. The van der Waals surface area contributed by atoms with Crippen molar-refractivity contribution in [3.63, 3.8) is 0 Å². The van der Waals surface area contributed by atoms with Crippen LogP contribution in [0.15, 0.2) is 49.1 Å². The molecule has 0 spiro atoms. The van der Waals surface area contributed by atoms with E-state index in [-0.39, 0.29) is 5.91 Å². The molecule has 2 heterocycles. The summed E-state index contributed by atoms with van der Waals surface area (Å²) in [5.41, 5.74) is 2.86. The van der Waals surface area contributed by atoms with Crippen LogP contribution in [0.2, 0.25) is 0 Å². The molecule has 1 N–H and O–H groups in total. The fourth-order valence-electron chi connectivity index (χ4n) is 2.47. The van der Waals surface area contributed by atoms with Gasteiger partial charge in [-0.15, -0.1) is 0 Å². The first-order chi connectivity index (χ1) is 11.7. The summed E-state index contributed by atoms with van der Waals surface area (Å²) in [7, 11) is 1.81. The first-order valence-corrected chi connectivity index (χ1v) is 7.88. The van der Waals surface area contributed by atoms with Crippen LogP contribution in [0.1, 0.15) is 18.5 Å². The van der Waals surface area contributed by atoms with Crippen molar-refractivity contribution in [1.29, 1.82) is 0 Å². The van der Waals surface area contributed by atoms with Crippen molar-refractivity contribution in [1.82, 2.24) is 29.9 Å². The second kappa shape index (κ2) is 7.54. The second-order valence-electron chi connectivity index (χ2n) is 5.66. The van der Waals surface area contributed by atoms with Crippen LogP contribution in [-0.4, -0.2) is 42.8 Å². The van der Waals surface area contributed by atoms with Crippen molar-refractivity contribution in [2.75, 3.05) is 7.05 Å². The van der Waals surface area contributed by atoms with E-state index >= 15 is 0 Å². The molecule has 0 aliphatic carbocycles. The number of aromatic nitrogens is 5. The summed E-state index contributed by atoms with van der Waals surface area (Å²) >= 11 is 0. The molecule has 0 saturated heterocycles. The van der Waals surface area contributed by atoms with Crippen LogP contribution in [0, 0.1) is 0 Å². The minimum Gasteiger partial charge on any atom is -0.340 e. The number of hydrogen-bond acceptors (Lipinski definition) is 4. The number of nitrogens with one attached hydrogen (secondary N) is 1. The minimum absolute atomic E-state index is 0.103. The van der Waals surface area contributed by atoms with E-state index in [2.05, 4.69) is 20.3 Å². The summed E-state index contributed by atoms with van der Waals surface area (Å²) in [5.74, 6) is 0.103. The Kier molecular flexibility index (Phi) is 5.00. The van der Waals surface area contributed by atoms with Gasteiger partial charge in [-0.1, -0.05) is 30.3 Å². The molecule has 0 fully saturated rings. The van der Waals surface area contributed by atoms with Gasteiger partial charge in [0.2, 0.25) is 5.91 Å². The molecule has 0 unspecified atom stereocenters. The molecule has 0 radical (unpaired) electrons. The summed E-state index contributed by atoms with van der Waals surface area (Å²) in [6, 6.07) is 11.9. The highest BCUT2D eigenvalue weighted by Gasteiger charge is 2.11. The number of aromatic amines is 1. The van der Waals surface area contributed by atoms with E-state index in [4.69, 9.17) is 0 Å². The first-order valence-electron chi connectivity index (χ1n) is 7.88. The Morgan fingerprint density at radius 3 is 2.88 bits per heavy atom. The van der Waals surface area contributed by atoms with Gasteiger partial charge in [0.15, 0.2) is 0 Å². The van der Waals surface area contributed by atoms with Crippen molar-refractivity contribution in [3.05, 3.63) is 54.7 Å². The second-order valence-corrected chi connectivity index (χ2v) is 5.66. The molecule has 7 nitrogen and oxygen atoms in total. The summed E-state index contributed by atoms with van der Waals surface area (Å²) in [4.78, 5) is 17.8. The fraction of sp³-hybridized carbons (Fsp3) is 0.294. The van der Waals surface area contributed by atoms with Gasteiger partial charge in [0, 0.05) is 25.6 Å². The molecule has 0 aliphatic rings. The van der Waals surface area contributed by atoms with Gasteiger partial charge in [-0.3, -0.25) is 14.6 Å². The zero-order chi connectivity index (χ0) is 16.8. The summed E-state index contributed by atoms with van der Waals surface area (Å²) in [5, 5.41) is 11.3. The lowest BCUT2D eigenvalue weighted by atomic mass is 10.1. The lowest BCUT2D eigenvalue weighted by molar-refractivity contribution is -0.130. The van der Waals surface area contributed by atoms with Crippen LogP contribution < -0.4 is 0 Å². The fourth-order valence-corrected chi connectivity index (χ4v) is 2.47. The van der Waals surface area contributed by atoms with Gasteiger partial charge in [-0.2, -0.15) is 10.2 Å². The highest BCUT2D eigenvalue weighted by molar-refractivity contribution is 5.75. The van der Waals surface area contributed by atoms with Crippen molar-refractivity contribution in [2.24, 2.45) is 0 Å². The van der Waals surface area contributed by atoms with Crippen molar-refractivity contribution in [3.8, 4) is 11.3 Å². The van der Waals surface area contributed by atoms with E-state index in [1.807, 2.05) is 36.4 Å². The van der Waals surface area contributed by atoms with E-state index in [1.165, 1.54) is 6.33 Å². The van der Waals surface area contributed by atoms with Crippen molar-refractivity contribution in [2.45, 2.75) is 25.9 Å². The Morgan fingerprint density at radius 1 is 1.29 bits per heavy atom. The molecule has 0 bridgehead atoms. The topological polar surface area (TPSA) is 79.7 Å². The Balaban J connectivity index is 1.50. The normalized spacial score (nSPS) is 10.7. The van der Waals surface area contributed by atoms with Gasteiger partial charge in [0.1, 0.15) is 12.7 Å². The van der Waals surface area contributed by atoms with E-state index in [9.17, 15) is 4.79 Å². The van der Waals surface area contributed by atoms with E-state index < -0.39 is 0 Å². The van der Waals surface area contributed by atoms with Crippen LogP contribution in [-0.2, 0) is 17.9 Å². The molecule has 1 aromatic carbocycles. The molecule has 3 aromatic rings. The van der Waals surface area contributed by atoms with E-state index in [0.717, 1.165) is 23.4 Å². The van der Waals surface area contributed by atoms with Crippen LogP contribution >= 0.6 is 0 Å². The molecule has 124 valence electrons. The van der Waals surface area contributed by atoms with Gasteiger partial charge in [0.25, 0.3) is 0 Å². The van der Waals surface area contributed by atoms with Gasteiger partial charge in [-0.05, 0) is 12.5 Å². The van der Waals surface area contributed by atoms with Gasteiger partial charge in [0.05, 0.1) is 17.9 Å². The zero-order valence-corrected chi connectivity index (χ0v) is 13.6. The van der Waals surface area contributed by atoms with Crippen LogP contribution in [0.5, 0.6) is 0 Å². The third-order valence-corrected chi connectivity index (χ3v) is 3.78. The predicted octanol–water partition coefficient (Wildman–Crippen LogP) is 2.11. The molecular weight excluding hydrogens is 304 g/mol. The van der Waals surface area contributed by atoms with Crippen molar-refractivity contribution >= 4 is 5.91 Å². The van der Waals surface area contributed by atoms with Crippen LogP contribution in [0.3, 0.4) is 0 Å². The minimum atomic E-state index is 0.103. The maximum Gasteiger partial charge on any atom is 0.222 e. The Bertz CT molecular complexity index is 766. The Hall–Kier alpha value is -2.96. The van der Waals surface area contributed by atoms with Crippen LogP contribution in [0.25, 0.3) is 11.3 Å². The first kappa shape index (κ1) is 15.9. The summed E-state index contributed by atoms with van der Waals surface area (Å²) < 4.78 is 1.73. The zero-order valence-electron chi connectivity index (χ0n) is 13.6. The number of benzene rings is 1. The molecule has 2 aromatic heterocycles. The van der Waals surface area contributed by atoms with E-state index in [1.54, 1.807) is 23.0 Å². The molecule has 0 saturated carbocycles. The molecule has 1 amide bonds. The largest absolute Gasteiger partial charge is 0.340 e. The standard InChI is InChI=1S/C17H20N6O/c1-22(17(24)8-5-9-23-13-18-12-19-23)11-15-10-16(21-20-15)14-6-3-2-4-7-14/h2-4,6-7,10,12-13H,5,8-9,11H2,1H3,(H,20,21). The van der Waals surface area contributed by atoms with Crippen LogP contribution in [0.4, 0.5) is 0 Å². The number of aryl methyl sites for hydroxylation is 1.